The fraction of sp³-hybridized carbons (Fsp3) is 0.192. The molecule has 0 spiro atoms. The highest BCUT2D eigenvalue weighted by atomic mass is 32.2. The molecule has 0 aliphatic carbocycles. The number of hydrogen-bond donors (Lipinski definition) is 2. The largest absolute Gasteiger partial charge is 0.497 e. The van der Waals surface area contributed by atoms with E-state index in [9.17, 15) is 8.42 Å². The second-order valence-electron chi connectivity index (χ2n) is 8.35. The lowest BCUT2D eigenvalue weighted by molar-refractivity contribution is 0.415. The van der Waals surface area contributed by atoms with E-state index in [1.165, 1.54) is 0 Å². The molecule has 9 nitrogen and oxygen atoms in total. The van der Waals surface area contributed by atoms with Gasteiger partial charge in [0.05, 0.1) is 23.4 Å². The van der Waals surface area contributed by atoms with Crippen molar-refractivity contribution in [1.29, 1.82) is 0 Å². The van der Waals surface area contributed by atoms with Crippen molar-refractivity contribution in [3.63, 3.8) is 0 Å². The number of ether oxygens (including phenoxy) is 1. The van der Waals surface area contributed by atoms with Crippen molar-refractivity contribution in [3.05, 3.63) is 77.9 Å². The number of aromatic nitrogens is 4. The molecule has 0 fully saturated rings. The van der Waals surface area contributed by atoms with Crippen LogP contribution in [0.2, 0.25) is 0 Å². The highest BCUT2D eigenvalue weighted by molar-refractivity contribution is 7.89. The molecule has 0 radical (unpaired) electrons. The molecule has 190 valence electrons. The van der Waals surface area contributed by atoms with Crippen LogP contribution >= 0.6 is 11.3 Å². The monoisotopic (exact) mass is 534 g/mol. The van der Waals surface area contributed by atoms with E-state index in [0.717, 1.165) is 38.9 Å². The second kappa shape index (κ2) is 10.7. The first kappa shape index (κ1) is 24.9. The first-order valence-corrected chi connectivity index (χ1v) is 14.0. The Morgan fingerprint density at radius 1 is 1.00 bits per heavy atom. The first-order valence-electron chi connectivity index (χ1n) is 11.7. The minimum atomic E-state index is -3.53. The zero-order valence-electron chi connectivity index (χ0n) is 20.4. The van der Waals surface area contributed by atoms with Gasteiger partial charge in [-0.1, -0.05) is 17.7 Å². The average Bonchev–Trinajstić information content (AvgIpc) is 3.50. The van der Waals surface area contributed by atoms with Gasteiger partial charge in [-0.3, -0.25) is 4.40 Å². The number of sulfonamides is 1. The number of nitrogens with zero attached hydrogens (tertiary/aromatic N) is 4. The topological polar surface area (TPSA) is 111 Å². The van der Waals surface area contributed by atoms with E-state index in [2.05, 4.69) is 15.0 Å². The minimum absolute atomic E-state index is 0.260. The lowest BCUT2D eigenvalue weighted by atomic mass is 10.1. The third-order valence-corrected chi connectivity index (χ3v) is 8.02. The molecule has 2 N–H and O–H groups in total. The predicted octanol–water partition coefficient (Wildman–Crippen LogP) is 4.62. The molecular formula is C26H26N6O3S2. The van der Waals surface area contributed by atoms with Crippen molar-refractivity contribution in [2.45, 2.75) is 18.2 Å². The number of aryl methyl sites for hydroxylation is 1. The van der Waals surface area contributed by atoms with Crippen molar-refractivity contribution in [3.8, 4) is 28.4 Å². The Hall–Kier alpha value is -3.80. The zero-order valence-corrected chi connectivity index (χ0v) is 22.0. The lowest BCUT2D eigenvalue weighted by Gasteiger charge is -2.09. The fourth-order valence-electron chi connectivity index (χ4n) is 3.85. The van der Waals surface area contributed by atoms with Gasteiger partial charge in [-0.05, 0) is 55.8 Å². The molecule has 11 heteroatoms. The summed E-state index contributed by atoms with van der Waals surface area (Å²) < 4.78 is 34.9. The van der Waals surface area contributed by atoms with Crippen molar-refractivity contribution in [1.82, 2.24) is 24.1 Å². The van der Waals surface area contributed by atoms with E-state index in [-0.39, 0.29) is 4.90 Å². The number of methoxy groups -OCH3 is 1. The maximum absolute atomic E-state index is 12.5. The van der Waals surface area contributed by atoms with E-state index < -0.39 is 10.0 Å². The van der Waals surface area contributed by atoms with E-state index in [1.54, 1.807) is 48.9 Å². The summed E-state index contributed by atoms with van der Waals surface area (Å²) >= 11 is 1.56. The van der Waals surface area contributed by atoms with Gasteiger partial charge in [0.2, 0.25) is 16.0 Å². The highest BCUT2D eigenvalue weighted by Gasteiger charge is 2.18. The van der Waals surface area contributed by atoms with Crippen LogP contribution in [0.4, 0.5) is 5.95 Å². The molecule has 0 atom stereocenters. The normalized spacial score (nSPS) is 11.6. The van der Waals surface area contributed by atoms with Crippen LogP contribution in [0.1, 0.15) is 12.0 Å². The predicted molar refractivity (Wildman–Crippen MR) is 146 cm³/mol. The molecule has 0 aliphatic heterocycles. The third kappa shape index (κ3) is 5.48. The lowest BCUT2D eigenvalue weighted by Crippen LogP contribution is -2.26. The van der Waals surface area contributed by atoms with Crippen LogP contribution in [-0.2, 0) is 10.0 Å². The Bertz CT molecular complexity index is 1610. The van der Waals surface area contributed by atoms with Crippen LogP contribution in [0, 0.1) is 6.92 Å². The Morgan fingerprint density at radius 3 is 2.54 bits per heavy atom. The molecule has 5 aromatic rings. The molecule has 0 unspecified atom stereocenters. The molecular weight excluding hydrogens is 508 g/mol. The molecule has 0 amide bonds. The summed E-state index contributed by atoms with van der Waals surface area (Å²) in [6.07, 6.45) is 4.25. The molecule has 2 aromatic carbocycles. The summed E-state index contributed by atoms with van der Waals surface area (Å²) in [5, 5.41) is 5.18. The minimum Gasteiger partial charge on any atom is -0.497 e. The van der Waals surface area contributed by atoms with Gasteiger partial charge in [0.1, 0.15) is 11.4 Å². The second-order valence-corrected chi connectivity index (χ2v) is 11.0. The quantitative estimate of drug-likeness (QED) is 0.252. The van der Waals surface area contributed by atoms with Crippen LogP contribution in [0.15, 0.2) is 77.3 Å². The Labute approximate surface area is 219 Å². The summed E-state index contributed by atoms with van der Waals surface area (Å²) in [4.78, 5) is 15.0. The summed E-state index contributed by atoms with van der Waals surface area (Å²) in [6, 6.07) is 16.4. The zero-order chi connectivity index (χ0) is 25.8. The number of thiazole rings is 1. The number of rotatable bonds is 10. The maximum atomic E-state index is 12.5. The van der Waals surface area contributed by atoms with E-state index in [1.807, 2.05) is 53.2 Å². The molecule has 0 aliphatic rings. The van der Waals surface area contributed by atoms with Crippen molar-refractivity contribution < 1.29 is 13.2 Å². The standard InChI is InChI=1S/C26H26N6O3S2/c1-18-4-10-21(11-5-18)37(33,34)29-14-3-13-27-25-28-15-12-22(30-25)24-23(31-26-32(24)16-17-36-26)19-6-8-20(35-2)9-7-19/h4-12,15-17,29H,3,13-14H2,1-2H3,(H,27,28,30). The molecule has 37 heavy (non-hydrogen) atoms. The van der Waals surface area contributed by atoms with Gasteiger partial charge in [-0.15, -0.1) is 11.3 Å². The number of hydrogen-bond acceptors (Lipinski definition) is 8. The van der Waals surface area contributed by atoms with Crippen LogP contribution in [0.3, 0.4) is 0 Å². The Morgan fingerprint density at radius 2 is 1.78 bits per heavy atom. The highest BCUT2D eigenvalue weighted by Crippen LogP contribution is 2.34. The van der Waals surface area contributed by atoms with Crippen LogP contribution in [-0.4, -0.2) is 48.0 Å². The molecule has 0 saturated carbocycles. The smallest absolute Gasteiger partial charge is 0.240 e. The summed E-state index contributed by atoms with van der Waals surface area (Å²) in [7, 11) is -1.89. The molecule has 3 aromatic heterocycles. The van der Waals surface area contributed by atoms with E-state index in [0.29, 0.717) is 25.5 Å². The number of nitrogens with one attached hydrogen (secondary N) is 2. The fourth-order valence-corrected chi connectivity index (χ4v) is 5.64. The van der Waals surface area contributed by atoms with Crippen molar-refractivity contribution in [2.24, 2.45) is 0 Å². The summed E-state index contributed by atoms with van der Waals surface area (Å²) in [5.74, 6) is 1.24. The number of imidazole rings is 1. The molecule has 0 saturated heterocycles. The van der Waals surface area contributed by atoms with Gasteiger partial charge in [-0.2, -0.15) is 0 Å². The van der Waals surface area contributed by atoms with Gasteiger partial charge in [0, 0.05) is 36.4 Å². The Kier molecular flexibility index (Phi) is 7.17. The van der Waals surface area contributed by atoms with E-state index >= 15 is 0 Å². The number of anilines is 1. The van der Waals surface area contributed by atoms with Gasteiger partial charge >= 0.3 is 0 Å². The van der Waals surface area contributed by atoms with Gasteiger partial charge in [0.15, 0.2) is 4.96 Å². The average molecular weight is 535 g/mol. The SMILES string of the molecule is COc1ccc(-c2nc3sccn3c2-c2ccnc(NCCCNS(=O)(=O)c3ccc(C)cc3)n2)cc1. The third-order valence-electron chi connectivity index (χ3n) is 5.78. The Balaban J connectivity index is 1.28. The summed E-state index contributed by atoms with van der Waals surface area (Å²) in [6.45, 7) is 2.72. The van der Waals surface area contributed by atoms with Gasteiger partial charge in [-0.25, -0.2) is 28.1 Å². The van der Waals surface area contributed by atoms with Crippen molar-refractivity contribution >= 4 is 32.3 Å². The van der Waals surface area contributed by atoms with Gasteiger partial charge < -0.3 is 10.1 Å². The van der Waals surface area contributed by atoms with E-state index in [4.69, 9.17) is 14.7 Å². The molecule has 5 rings (SSSR count). The van der Waals surface area contributed by atoms with Crippen LogP contribution < -0.4 is 14.8 Å². The van der Waals surface area contributed by atoms with Crippen LogP contribution in [0.5, 0.6) is 5.75 Å². The summed E-state index contributed by atoms with van der Waals surface area (Å²) in [5.41, 5.74) is 4.40. The van der Waals surface area contributed by atoms with Crippen molar-refractivity contribution in [2.75, 3.05) is 25.5 Å². The molecule has 0 bridgehead atoms. The van der Waals surface area contributed by atoms with Gasteiger partial charge in [0.25, 0.3) is 0 Å². The van der Waals surface area contributed by atoms with Crippen LogP contribution in [0.25, 0.3) is 27.6 Å². The number of benzene rings is 2. The first-order chi connectivity index (χ1) is 17.9. The number of fused-ring (bicyclic) bond motifs is 1. The molecule has 3 heterocycles. The maximum Gasteiger partial charge on any atom is 0.240 e.